The van der Waals surface area contributed by atoms with E-state index in [9.17, 15) is 14.0 Å². The van der Waals surface area contributed by atoms with Crippen molar-refractivity contribution in [3.8, 4) is 5.69 Å². The van der Waals surface area contributed by atoms with Gasteiger partial charge in [0, 0.05) is 60.7 Å². The van der Waals surface area contributed by atoms with Crippen molar-refractivity contribution in [3.63, 3.8) is 0 Å². The Morgan fingerprint density at radius 2 is 1.79 bits per heavy atom. The minimum Gasteiger partial charge on any atom is -0.402 e. The van der Waals surface area contributed by atoms with Crippen LogP contribution in [0.15, 0.2) is 94.2 Å². The molecule has 4 aliphatic rings. The van der Waals surface area contributed by atoms with Crippen LogP contribution in [-0.2, 0) is 4.74 Å². The molecule has 0 bridgehead atoms. The highest BCUT2D eigenvalue weighted by Crippen LogP contribution is 2.43. The van der Waals surface area contributed by atoms with E-state index in [0.29, 0.717) is 58.0 Å². The van der Waals surface area contributed by atoms with Gasteiger partial charge >= 0.3 is 5.69 Å². The van der Waals surface area contributed by atoms with Gasteiger partial charge in [0.15, 0.2) is 5.82 Å². The molecule has 11 nitrogen and oxygen atoms in total. The number of imidazole rings is 1. The summed E-state index contributed by atoms with van der Waals surface area (Å²) in [6.07, 6.45) is 10.6. The number of carbonyl (C=O) groups is 1. The van der Waals surface area contributed by atoms with Gasteiger partial charge in [-0.05, 0) is 117 Å². The predicted molar refractivity (Wildman–Crippen MR) is 210 cm³/mol. The third-order valence-electron chi connectivity index (χ3n) is 12.0. The van der Waals surface area contributed by atoms with Gasteiger partial charge in [-0.3, -0.25) is 18.6 Å². The smallest absolute Gasteiger partial charge is 0.338 e. The third kappa shape index (κ3) is 5.96. The molecule has 1 saturated heterocycles. The van der Waals surface area contributed by atoms with Crippen molar-refractivity contribution in [2.45, 2.75) is 75.8 Å². The van der Waals surface area contributed by atoms with Crippen LogP contribution in [0.1, 0.15) is 91.4 Å². The lowest BCUT2D eigenvalue weighted by Crippen LogP contribution is -2.48. The number of benzene rings is 3. The Morgan fingerprint density at radius 3 is 2.57 bits per heavy atom. The summed E-state index contributed by atoms with van der Waals surface area (Å²) in [7, 11) is 0. The number of halogens is 2. The first-order chi connectivity index (χ1) is 27.2. The molecular formula is C43H42F2N8O3. The van der Waals surface area contributed by atoms with Crippen LogP contribution < -0.4 is 11.4 Å². The first-order valence-electron chi connectivity index (χ1n) is 19.6. The van der Waals surface area contributed by atoms with E-state index in [1.165, 1.54) is 39.4 Å². The van der Waals surface area contributed by atoms with Crippen LogP contribution in [0, 0.1) is 11.6 Å². The Morgan fingerprint density at radius 1 is 0.964 bits per heavy atom. The van der Waals surface area contributed by atoms with E-state index in [2.05, 4.69) is 22.2 Å². The second-order valence-electron chi connectivity index (χ2n) is 15.7. The number of hydrogen-bond acceptors (Lipinski definition) is 6. The van der Waals surface area contributed by atoms with Gasteiger partial charge in [0.2, 0.25) is 0 Å². The molecule has 2 saturated carbocycles. The summed E-state index contributed by atoms with van der Waals surface area (Å²) in [4.78, 5) is 38.8. The Kier molecular flexibility index (Phi) is 8.31. The topological polar surface area (TPSA) is 128 Å². The first kappa shape index (κ1) is 34.7. The summed E-state index contributed by atoms with van der Waals surface area (Å²) in [6, 6.07) is 15.9. The largest absolute Gasteiger partial charge is 0.402 e. The number of nitrogens with zero attached hydrogens (tertiary/aromatic N) is 6. The van der Waals surface area contributed by atoms with Crippen molar-refractivity contribution in [2.75, 3.05) is 19.8 Å². The number of aromatic nitrogens is 5. The maximum Gasteiger partial charge on any atom is 0.338 e. The van der Waals surface area contributed by atoms with Gasteiger partial charge < -0.3 is 20.4 Å². The van der Waals surface area contributed by atoms with Crippen LogP contribution in [0.3, 0.4) is 0 Å². The molecule has 0 unspecified atom stereocenters. The summed E-state index contributed by atoms with van der Waals surface area (Å²) in [5.41, 5.74) is 11.5. The SMILES string of the molecule is C[C@H]1C(C(=Nc2ccc(F)c(C3CC3)c2)n2ccn(-c3ccc4c(cnn4C4CC4)c3F)c2=O)=C(N)CCN1C(=O)c1cc2cc(C3CCOCC3)ccc2[nH]1. The molecule has 286 valence electrons. The van der Waals surface area contributed by atoms with Crippen molar-refractivity contribution >= 4 is 39.2 Å². The standard InChI is InChI=1S/C43H42F2N8O3/c1-24-39(34(46)12-15-50(24)42(54)36-21-28-20-27(4-9-35(28)49-36)25-13-18-56-19-14-25)41(48-29-5-8-33(44)31(22-29)26-2-3-26)52-17-16-51(43(52)55)38-11-10-37-32(40(38)45)23-47-53(37)30-6-7-30/h4-5,8-11,16-17,20-26,30,49H,2-3,6-7,12-15,18-19,46H2,1H3/t24-/m0/s1. The van der Waals surface area contributed by atoms with Crippen molar-refractivity contribution < 1.29 is 18.3 Å². The number of aromatic amines is 1. The van der Waals surface area contributed by atoms with E-state index in [0.717, 1.165) is 62.6 Å². The highest BCUT2D eigenvalue weighted by molar-refractivity contribution is 6.05. The van der Waals surface area contributed by atoms with Crippen LogP contribution >= 0.6 is 0 Å². The minimum atomic E-state index is -0.612. The summed E-state index contributed by atoms with van der Waals surface area (Å²) < 4.78 is 41.1. The predicted octanol–water partition coefficient (Wildman–Crippen LogP) is 7.58. The molecule has 3 aromatic carbocycles. The lowest BCUT2D eigenvalue weighted by atomic mass is 9.91. The molecular weight excluding hydrogens is 715 g/mol. The number of nitrogens with two attached hydrogens (primary N) is 1. The Bertz CT molecular complexity index is 2670. The van der Waals surface area contributed by atoms with Crippen LogP contribution in [0.2, 0.25) is 0 Å². The minimum absolute atomic E-state index is 0.0722. The summed E-state index contributed by atoms with van der Waals surface area (Å²) in [6.45, 7) is 3.71. The van der Waals surface area contributed by atoms with Crippen molar-refractivity contribution in [3.05, 3.63) is 123 Å². The molecule has 6 aromatic rings. The Balaban J connectivity index is 1.03. The van der Waals surface area contributed by atoms with E-state index < -0.39 is 17.5 Å². The van der Waals surface area contributed by atoms with Crippen molar-refractivity contribution in [1.29, 1.82) is 0 Å². The highest BCUT2D eigenvalue weighted by Gasteiger charge is 2.35. The molecule has 0 spiro atoms. The zero-order chi connectivity index (χ0) is 38.2. The number of H-pyrrole nitrogens is 1. The van der Waals surface area contributed by atoms with Crippen molar-refractivity contribution in [1.82, 2.24) is 28.8 Å². The summed E-state index contributed by atoms with van der Waals surface area (Å²) in [5, 5.41) is 5.71. The second kappa shape index (κ2) is 13.4. The first-order valence-corrected chi connectivity index (χ1v) is 19.6. The fourth-order valence-corrected chi connectivity index (χ4v) is 8.57. The number of hydrogen-bond donors (Lipinski definition) is 2. The van der Waals surface area contributed by atoms with Crippen LogP contribution in [-0.4, -0.2) is 66.3 Å². The number of fused-ring (bicyclic) bond motifs is 2. The van der Waals surface area contributed by atoms with E-state index in [4.69, 9.17) is 15.5 Å². The maximum absolute atomic E-state index is 16.2. The van der Waals surface area contributed by atoms with E-state index in [-0.39, 0.29) is 35.2 Å². The van der Waals surface area contributed by atoms with Gasteiger partial charge in [-0.2, -0.15) is 5.10 Å². The number of ether oxygens (including phenoxy) is 1. The average molecular weight is 757 g/mol. The normalized spacial score (nSPS) is 19.8. The van der Waals surface area contributed by atoms with E-state index in [1.807, 2.05) is 23.7 Å². The fourth-order valence-electron chi connectivity index (χ4n) is 8.57. The van der Waals surface area contributed by atoms with E-state index in [1.54, 1.807) is 29.2 Å². The van der Waals surface area contributed by atoms with E-state index >= 15 is 4.39 Å². The zero-order valence-electron chi connectivity index (χ0n) is 31.0. The Hall–Kier alpha value is -5.82. The van der Waals surface area contributed by atoms with Crippen LogP contribution in [0.5, 0.6) is 0 Å². The summed E-state index contributed by atoms with van der Waals surface area (Å²) in [5.74, 6) is -0.342. The molecule has 1 amide bonds. The molecule has 3 aromatic heterocycles. The third-order valence-corrected chi connectivity index (χ3v) is 12.0. The van der Waals surface area contributed by atoms with Gasteiger partial charge in [0.25, 0.3) is 5.91 Å². The fraction of sp³-hybridized carbons (Fsp3) is 0.349. The quantitative estimate of drug-likeness (QED) is 0.128. The molecule has 0 radical (unpaired) electrons. The Labute approximate surface area is 321 Å². The monoisotopic (exact) mass is 756 g/mol. The van der Waals surface area contributed by atoms with Crippen LogP contribution in [0.25, 0.3) is 27.5 Å². The molecule has 1 atom stereocenters. The van der Waals surface area contributed by atoms with Crippen molar-refractivity contribution in [2.24, 2.45) is 10.7 Å². The second-order valence-corrected chi connectivity index (χ2v) is 15.7. The number of amides is 1. The number of carbonyl (C=O) groups excluding carboxylic acids is 1. The molecule has 3 N–H and O–H groups in total. The maximum atomic E-state index is 16.2. The molecule has 2 aliphatic carbocycles. The highest BCUT2D eigenvalue weighted by atomic mass is 19.1. The van der Waals surface area contributed by atoms with Gasteiger partial charge in [-0.25, -0.2) is 18.6 Å². The molecule has 3 fully saturated rings. The van der Waals surface area contributed by atoms with Gasteiger partial charge in [-0.15, -0.1) is 0 Å². The molecule has 10 rings (SSSR count). The molecule has 56 heavy (non-hydrogen) atoms. The number of aliphatic imine (C=N–C) groups is 1. The molecule has 2 aliphatic heterocycles. The molecule has 13 heteroatoms. The lowest BCUT2D eigenvalue weighted by Gasteiger charge is -2.36. The zero-order valence-corrected chi connectivity index (χ0v) is 31.0. The average Bonchev–Trinajstić information content (AvgIpc) is 4.12. The number of rotatable bonds is 7. The van der Waals surface area contributed by atoms with Gasteiger partial charge in [-0.1, -0.05) is 6.07 Å². The lowest BCUT2D eigenvalue weighted by molar-refractivity contribution is 0.0705. The van der Waals surface area contributed by atoms with Gasteiger partial charge in [0.05, 0.1) is 40.6 Å². The number of nitrogens with one attached hydrogen (secondary N) is 1. The van der Waals surface area contributed by atoms with Gasteiger partial charge in [0.1, 0.15) is 17.3 Å². The van der Waals surface area contributed by atoms with Crippen LogP contribution in [0.4, 0.5) is 14.5 Å². The molecule has 5 heterocycles. The summed E-state index contributed by atoms with van der Waals surface area (Å²) >= 11 is 0.